The minimum absolute atomic E-state index is 0.0126. The molecule has 2 aromatic carbocycles. The highest BCUT2D eigenvalue weighted by molar-refractivity contribution is 7.85. The second kappa shape index (κ2) is 7.28. The Hall–Kier alpha value is -2.86. The first-order chi connectivity index (χ1) is 13.5. The van der Waals surface area contributed by atoms with Crippen molar-refractivity contribution in [2.45, 2.75) is 29.7 Å². The number of aryl methyl sites for hydroxylation is 1. The number of amides is 1. The molecule has 1 fully saturated rings. The lowest BCUT2D eigenvalue weighted by Gasteiger charge is -2.44. The first-order valence-corrected chi connectivity index (χ1v) is 10.2. The second-order valence-electron chi connectivity index (χ2n) is 6.87. The van der Waals surface area contributed by atoms with Gasteiger partial charge in [-0.1, -0.05) is 24.6 Å². The third-order valence-electron chi connectivity index (χ3n) is 5.09. The number of carbonyl (C=O) groups is 1. The van der Waals surface area contributed by atoms with Crippen LogP contribution >= 0.6 is 0 Å². The summed E-state index contributed by atoms with van der Waals surface area (Å²) in [6.45, 7) is 3.86. The molecule has 0 N–H and O–H groups in total. The van der Waals surface area contributed by atoms with E-state index in [-0.39, 0.29) is 17.9 Å². The predicted octanol–water partition coefficient (Wildman–Crippen LogP) is 4.49. The normalized spacial score (nSPS) is 20.0. The van der Waals surface area contributed by atoms with Gasteiger partial charge < -0.3 is 14.1 Å². The minimum Gasteiger partial charge on any atom is -0.497 e. The number of rotatable bonds is 5. The van der Waals surface area contributed by atoms with Crippen molar-refractivity contribution in [3.05, 3.63) is 72.2 Å². The maximum absolute atomic E-state index is 13.1. The molecule has 28 heavy (non-hydrogen) atoms. The average molecular weight is 395 g/mol. The molecule has 0 radical (unpaired) electrons. The first-order valence-electron chi connectivity index (χ1n) is 9.04. The van der Waals surface area contributed by atoms with Crippen molar-refractivity contribution in [2.75, 3.05) is 12.0 Å². The molecule has 1 saturated heterocycles. The Morgan fingerprint density at radius 2 is 1.71 bits per heavy atom. The fourth-order valence-electron chi connectivity index (χ4n) is 3.47. The van der Waals surface area contributed by atoms with Gasteiger partial charge in [-0.3, -0.25) is 4.79 Å². The van der Waals surface area contributed by atoms with Gasteiger partial charge in [0.1, 0.15) is 17.6 Å². The average Bonchev–Trinajstić information content (AvgIpc) is 3.20. The smallest absolute Gasteiger partial charge is 0.233 e. The van der Waals surface area contributed by atoms with Crippen LogP contribution in [-0.4, -0.2) is 17.2 Å². The van der Waals surface area contributed by atoms with Gasteiger partial charge in [0, 0.05) is 10.6 Å². The van der Waals surface area contributed by atoms with E-state index >= 15 is 0 Å². The van der Waals surface area contributed by atoms with Crippen LogP contribution in [0.2, 0.25) is 0 Å². The van der Waals surface area contributed by atoms with E-state index in [0.717, 1.165) is 17.0 Å². The highest BCUT2D eigenvalue weighted by atomic mass is 32.2. The number of β-lactam (4-membered cyclic amide) rings is 1. The number of furan rings is 1. The van der Waals surface area contributed by atoms with Crippen LogP contribution in [0.4, 0.5) is 5.69 Å². The van der Waals surface area contributed by atoms with E-state index < -0.39 is 10.8 Å². The molecule has 3 aromatic rings. The summed E-state index contributed by atoms with van der Waals surface area (Å²) in [4.78, 5) is 15.6. The fourth-order valence-corrected chi connectivity index (χ4v) is 4.64. The van der Waals surface area contributed by atoms with Gasteiger partial charge in [0.05, 0.1) is 35.0 Å². The lowest BCUT2D eigenvalue weighted by molar-refractivity contribution is -0.130. The molecule has 1 aromatic heterocycles. The van der Waals surface area contributed by atoms with E-state index in [0.29, 0.717) is 15.6 Å². The number of hydrogen-bond acceptors (Lipinski definition) is 4. The molecule has 0 saturated carbocycles. The van der Waals surface area contributed by atoms with Crippen molar-refractivity contribution in [2.24, 2.45) is 5.92 Å². The van der Waals surface area contributed by atoms with E-state index in [4.69, 9.17) is 9.15 Å². The van der Waals surface area contributed by atoms with Crippen molar-refractivity contribution in [1.29, 1.82) is 0 Å². The SMILES string of the molecule is COc1ccc(N2C(=O)[C@H](C)[C@@H]2c2occc2[S@@](=O)c2ccc(C)cc2)cc1. The Bertz CT molecular complexity index is 1020. The Morgan fingerprint density at radius 1 is 1.04 bits per heavy atom. The van der Waals surface area contributed by atoms with Crippen LogP contribution in [0.5, 0.6) is 5.75 Å². The summed E-state index contributed by atoms with van der Waals surface area (Å²) in [6, 6.07) is 16.3. The van der Waals surface area contributed by atoms with E-state index in [1.54, 1.807) is 24.3 Å². The summed E-state index contributed by atoms with van der Waals surface area (Å²) in [7, 11) is 0.223. The molecule has 4 rings (SSSR count). The van der Waals surface area contributed by atoms with Crippen LogP contribution in [-0.2, 0) is 15.6 Å². The van der Waals surface area contributed by atoms with Gasteiger partial charge in [-0.25, -0.2) is 4.21 Å². The van der Waals surface area contributed by atoms with E-state index in [9.17, 15) is 9.00 Å². The molecule has 6 heteroatoms. The van der Waals surface area contributed by atoms with Crippen molar-refractivity contribution >= 4 is 22.4 Å². The van der Waals surface area contributed by atoms with Crippen LogP contribution < -0.4 is 9.64 Å². The van der Waals surface area contributed by atoms with Gasteiger partial charge in [-0.05, 0) is 49.4 Å². The molecule has 1 amide bonds. The predicted molar refractivity (Wildman–Crippen MR) is 107 cm³/mol. The molecular weight excluding hydrogens is 374 g/mol. The quantitative estimate of drug-likeness (QED) is 0.598. The first kappa shape index (κ1) is 18.5. The van der Waals surface area contributed by atoms with Crippen molar-refractivity contribution in [1.82, 2.24) is 0 Å². The van der Waals surface area contributed by atoms with Crippen molar-refractivity contribution < 1.29 is 18.2 Å². The monoisotopic (exact) mass is 395 g/mol. The highest BCUT2D eigenvalue weighted by Gasteiger charge is 2.49. The van der Waals surface area contributed by atoms with Gasteiger partial charge in [0.15, 0.2) is 0 Å². The number of ether oxygens (including phenoxy) is 1. The summed E-state index contributed by atoms with van der Waals surface area (Å²) < 4.78 is 24.1. The van der Waals surface area contributed by atoms with Gasteiger partial charge in [0.25, 0.3) is 0 Å². The van der Waals surface area contributed by atoms with Crippen LogP contribution in [0.1, 0.15) is 24.3 Å². The summed E-state index contributed by atoms with van der Waals surface area (Å²) in [5.41, 5.74) is 1.87. The maximum Gasteiger partial charge on any atom is 0.233 e. The minimum atomic E-state index is -1.38. The topological polar surface area (TPSA) is 59.8 Å². The zero-order chi connectivity index (χ0) is 19.8. The van der Waals surface area contributed by atoms with E-state index in [2.05, 4.69) is 0 Å². The van der Waals surface area contributed by atoms with Crippen LogP contribution in [0.25, 0.3) is 0 Å². The number of nitrogens with zero attached hydrogens (tertiary/aromatic N) is 1. The summed E-state index contributed by atoms with van der Waals surface area (Å²) >= 11 is 0. The van der Waals surface area contributed by atoms with Crippen molar-refractivity contribution in [3.63, 3.8) is 0 Å². The Kier molecular flexibility index (Phi) is 4.81. The second-order valence-corrected chi connectivity index (χ2v) is 8.32. The summed E-state index contributed by atoms with van der Waals surface area (Å²) in [6.07, 6.45) is 1.54. The van der Waals surface area contributed by atoms with E-state index in [1.807, 2.05) is 62.4 Å². The Labute approximate surface area is 166 Å². The number of carbonyl (C=O) groups excluding carboxylic acids is 1. The van der Waals surface area contributed by atoms with Gasteiger partial charge in [0.2, 0.25) is 5.91 Å². The molecule has 144 valence electrons. The molecule has 5 nitrogen and oxygen atoms in total. The molecule has 3 atom stereocenters. The Balaban J connectivity index is 1.68. The van der Waals surface area contributed by atoms with Crippen molar-refractivity contribution in [3.8, 4) is 5.75 Å². The standard InChI is InChI=1S/C22H21NO4S/c1-14-4-10-18(11-5-14)28(25)19-12-13-27-21(19)20-15(2)22(24)23(20)16-6-8-17(26-3)9-7-16/h4-13,15,20H,1-3H3/t15-,20-,28+/m1/s1. The van der Waals surface area contributed by atoms with Gasteiger partial charge >= 0.3 is 0 Å². The fraction of sp³-hybridized carbons (Fsp3) is 0.227. The lowest BCUT2D eigenvalue weighted by Crippen LogP contribution is -2.54. The highest BCUT2D eigenvalue weighted by Crippen LogP contribution is 2.45. The molecule has 1 aliphatic heterocycles. The summed E-state index contributed by atoms with van der Waals surface area (Å²) in [5.74, 6) is 1.06. The lowest BCUT2D eigenvalue weighted by atomic mass is 9.86. The molecule has 1 aliphatic rings. The third kappa shape index (κ3) is 3.03. The molecule has 0 unspecified atom stereocenters. The molecule has 0 spiro atoms. The molecular formula is C22H21NO4S. The maximum atomic E-state index is 13.1. The van der Waals surface area contributed by atoms with E-state index in [1.165, 1.54) is 0 Å². The number of benzene rings is 2. The molecule has 0 aliphatic carbocycles. The summed E-state index contributed by atoms with van der Waals surface area (Å²) in [5, 5.41) is 0. The number of hydrogen-bond donors (Lipinski definition) is 0. The largest absolute Gasteiger partial charge is 0.497 e. The molecule has 0 bridgehead atoms. The zero-order valence-electron chi connectivity index (χ0n) is 15.9. The third-order valence-corrected chi connectivity index (χ3v) is 6.53. The van der Waals surface area contributed by atoms with Crippen LogP contribution in [0, 0.1) is 12.8 Å². The Morgan fingerprint density at radius 3 is 2.36 bits per heavy atom. The number of anilines is 1. The van der Waals surface area contributed by atoms with Gasteiger partial charge in [-0.2, -0.15) is 0 Å². The zero-order valence-corrected chi connectivity index (χ0v) is 16.7. The molecule has 2 heterocycles. The number of methoxy groups -OCH3 is 1. The van der Waals surface area contributed by atoms with Crippen LogP contribution in [0.3, 0.4) is 0 Å². The van der Waals surface area contributed by atoms with Crippen LogP contribution in [0.15, 0.2) is 75.1 Å². The van der Waals surface area contributed by atoms with Gasteiger partial charge in [-0.15, -0.1) is 0 Å².